The normalized spacial score (nSPS) is 13.6. The van der Waals surface area contributed by atoms with Gasteiger partial charge in [-0.3, -0.25) is 4.79 Å². The number of amides is 1. The molecule has 1 aliphatic heterocycles. The van der Waals surface area contributed by atoms with Crippen molar-refractivity contribution < 1.29 is 13.6 Å². The average Bonchev–Trinajstić information content (AvgIpc) is 2.65. The Morgan fingerprint density at radius 3 is 2.46 bits per heavy atom. The van der Waals surface area contributed by atoms with Crippen molar-refractivity contribution in [1.29, 1.82) is 0 Å². The number of rotatable bonds is 3. The van der Waals surface area contributed by atoms with Crippen LogP contribution in [-0.4, -0.2) is 5.91 Å². The van der Waals surface area contributed by atoms with Gasteiger partial charge in [-0.05, 0) is 47.4 Å². The molecular formula is C22H17F2NO. The van der Waals surface area contributed by atoms with Crippen LogP contribution in [0.25, 0.3) is 11.1 Å². The fourth-order valence-corrected chi connectivity index (χ4v) is 3.39. The molecule has 0 saturated heterocycles. The molecule has 0 aliphatic carbocycles. The van der Waals surface area contributed by atoms with Crippen molar-refractivity contribution in [3.05, 3.63) is 89.5 Å². The third-order valence-electron chi connectivity index (χ3n) is 4.71. The van der Waals surface area contributed by atoms with Crippen LogP contribution < -0.4 is 4.90 Å². The van der Waals surface area contributed by atoms with Crippen LogP contribution in [0.3, 0.4) is 0 Å². The van der Waals surface area contributed by atoms with Gasteiger partial charge in [-0.1, -0.05) is 36.4 Å². The summed E-state index contributed by atoms with van der Waals surface area (Å²) in [5, 5.41) is 0. The maximum absolute atomic E-state index is 14.1. The van der Waals surface area contributed by atoms with Gasteiger partial charge in [0.2, 0.25) is 5.91 Å². The zero-order valence-corrected chi connectivity index (χ0v) is 14.1. The first-order chi connectivity index (χ1) is 12.6. The van der Waals surface area contributed by atoms with E-state index in [-0.39, 0.29) is 5.91 Å². The molecule has 0 spiro atoms. The minimum Gasteiger partial charge on any atom is -0.308 e. The summed E-state index contributed by atoms with van der Waals surface area (Å²) in [6.45, 7) is 0.511. The maximum Gasteiger partial charge on any atom is 0.227 e. The molecule has 130 valence electrons. The summed E-state index contributed by atoms with van der Waals surface area (Å²) in [4.78, 5) is 14.2. The standard InChI is InChI=1S/C22H17F2NO/c23-18-8-9-19(20(24)13-18)16-6-10-21-17(12-16)7-11-22(26)25(21)14-15-4-2-1-3-5-15/h1-6,8-10,12-13H,7,11,14H2. The Bertz CT molecular complexity index is 969. The zero-order valence-electron chi connectivity index (χ0n) is 14.1. The lowest BCUT2D eigenvalue weighted by molar-refractivity contribution is -0.119. The lowest BCUT2D eigenvalue weighted by atomic mass is 9.95. The summed E-state index contributed by atoms with van der Waals surface area (Å²) in [5.74, 6) is -1.09. The second-order valence-electron chi connectivity index (χ2n) is 6.43. The molecule has 0 atom stereocenters. The van der Waals surface area contributed by atoms with E-state index in [1.165, 1.54) is 12.1 Å². The minimum absolute atomic E-state index is 0.0852. The first-order valence-electron chi connectivity index (χ1n) is 8.54. The second-order valence-corrected chi connectivity index (χ2v) is 6.43. The van der Waals surface area contributed by atoms with E-state index < -0.39 is 11.6 Å². The van der Waals surface area contributed by atoms with E-state index in [2.05, 4.69) is 0 Å². The number of carbonyl (C=O) groups excluding carboxylic acids is 1. The monoisotopic (exact) mass is 349 g/mol. The van der Waals surface area contributed by atoms with Crippen LogP contribution in [0, 0.1) is 11.6 Å². The fraction of sp³-hybridized carbons (Fsp3) is 0.136. The molecule has 0 N–H and O–H groups in total. The molecule has 0 aromatic heterocycles. The molecule has 0 saturated carbocycles. The van der Waals surface area contributed by atoms with Gasteiger partial charge in [0, 0.05) is 23.7 Å². The van der Waals surface area contributed by atoms with Gasteiger partial charge in [-0.25, -0.2) is 8.78 Å². The average molecular weight is 349 g/mol. The highest BCUT2D eigenvalue weighted by molar-refractivity contribution is 5.96. The first-order valence-corrected chi connectivity index (χ1v) is 8.54. The lowest BCUT2D eigenvalue weighted by Gasteiger charge is -2.30. The highest BCUT2D eigenvalue weighted by atomic mass is 19.1. The molecule has 26 heavy (non-hydrogen) atoms. The topological polar surface area (TPSA) is 20.3 Å². The molecular weight excluding hydrogens is 332 g/mol. The smallest absolute Gasteiger partial charge is 0.227 e. The van der Waals surface area contributed by atoms with Crippen LogP contribution in [0.5, 0.6) is 0 Å². The number of fused-ring (bicyclic) bond motifs is 1. The Hall–Kier alpha value is -3.01. The summed E-state index contributed by atoms with van der Waals surface area (Å²) in [7, 11) is 0. The molecule has 1 heterocycles. The van der Waals surface area contributed by atoms with Gasteiger partial charge in [-0.15, -0.1) is 0 Å². The minimum atomic E-state index is -0.594. The van der Waals surface area contributed by atoms with Crippen molar-refractivity contribution in [2.75, 3.05) is 4.90 Å². The molecule has 0 fully saturated rings. The van der Waals surface area contributed by atoms with E-state index in [0.717, 1.165) is 22.9 Å². The molecule has 0 radical (unpaired) electrons. The molecule has 0 unspecified atom stereocenters. The maximum atomic E-state index is 14.1. The van der Waals surface area contributed by atoms with E-state index in [4.69, 9.17) is 0 Å². The van der Waals surface area contributed by atoms with Gasteiger partial charge in [-0.2, -0.15) is 0 Å². The van der Waals surface area contributed by atoms with E-state index in [1.807, 2.05) is 42.5 Å². The van der Waals surface area contributed by atoms with Crippen molar-refractivity contribution in [2.45, 2.75) is 19.4 Å². The van der Waals surface area contributed by atoms with Crippen LogP contribution in [-0.2, 0) is 17.8 Å². The number of hydrogen-bond acceptors (Lipinski definition) is 1. The van der Waals surface area contributed by atoms with Gasteiger partial charge in [0.1, 0.15) is 11.6 Å². The predicted octanol–water partition coefficient (Wildman–Crippen LogP) is 5.11. The first kappa shape index (κ1) is 16.5. The summed E-state index contributed by atoms with van der Waals surface area (Å²) in [6.07, 6.45) is 1.05. The molecule has 4 rings (SSSR count). The quantitative estimate of drug-likeness (QED) is 0.643. The SMILES string of the molecule is O=C1CCc2cc(-c3ccc(F)cc3F)ccc2N1Cc1ccccc1. The van der Waals surface area contributed by atoms with Crippen molar-refractivity contribution in [2.24, 2.45) is 0 Å². The summed E-state index contributed by atoms with van der Waals surface area (Å²) < 4.78 is 27.2. The van der Waals surface area contributed by atoms with Crippen LogP contribution in [0.1, 0.15) is 17.5 Å². The number of hydrogen-bond donors (Lipinski definition) is 0. The Kier molecular flexibility index (Phi) is 4.25. The summed E-state index contributed by atoms with van der Waals surface area (Å²) in [5.41, 5.74) is 3.97. The third-order valence-corrected chi connectivity index (χ3v) is 4.71. The molecule has 1 amide bonds. The van der Waals surface area contributed by atoms with Crippen LogP contribution in [0.4, 0.5) is 14.5 Å². The third kappa shape index (κ3) is 3.10. The van der Waals surface area contributed by atoms with Gasteiger partial charge in [0.15, 0.2) is 0 Å². The van der Waals surface area contributed by atoms with Crippen molar-refractivity contribution in [3.63, 3.8) is 0 Å². The number of aryl methyl sites for hydroxylation is 1. The Morgan fingerprint density at radius 2 is 1.69 bits per heavy atom. The van der Waals surface area contributed by atoms with E-state index >= 15 is 0 Å². The highest BCUT2D eigenvalue weighted by Gasteiger charge is 2.24. The number of nitrogens with zero attached hydrogens (tertiary/aromatic N) is 1. The zero-order chi connectivity index (χ0) is 18.1. The van der Waals surface area contributed by atoms with Crippen LogP contribution in [0.15, 0.2) is 66.7 Å². The van der Waals surface area contributed by atoms with E-state index in [9.17, 15) is 13.6 Å². The summed E-state index contributed by atoms with van der Waals surface area (Å²) >= 11 is 0. The van der Waals surface area contributed by atoms with Crippen molar-refractivity contribution in [3.8, 4) is 11.1 Å². The summed E-state index contributed by atoms with van der Waals surface area (Å²) in [6, 6.07) is 18.9. The molecule has 1 aliphatic rings. The van der Waals surface area contributed by atoms with Gasteiger partial charge < -0.3 is 4.90 Å². The van der Waals surface area contributed by atoms with Crippen molar-refractivity contribution in [1.82, 2.24) is 0 Å². The Labute approximate surface area is 150 Å². The van der Waals surface area contributed by atoms with E-state index in [0.29, 0.717) is 30.5 Å². The number of carbonyl (C=O) groups is 1. The van der Waals surface area contributed by atoms with Crippen LogP contribution >= 0.6 is 0 Å². The van der Waals surface area contributed by atoms with Gasteiger partial charge >= 0.3 is 0 Å². The molecule has 2 nitrogen and oxygen atoms in total. The van der Waals surface area contributed by atoms with Gasteiger partial charge in [0.25, 0.3) is 0 Å². The Morgan fingerprint density at radius 1 is 0.885 bits per heavy atom. The van der Waals surface area contributed by atoms with Crippen molar-refractivity contribution >= 4 is 11.6 Å². The molecule has 3 aromatic carbocycles. The Balaban J connectivity index is 1.70. The van der Waals surface area contributed by atoms with E-state index in [1.54, 1.807) is 11.0 Å². The van der Waals surface area contributed by atoms with Gasteiger partial charge in [0.05, 0.1) is 6.54 Å². The predicted molar refractivity (Wildman–Crippen MR) is 97.7 cm³/mol. The molecule has 3 aromatic rings. The molecule has 4 heteroatoms. The largest absolute Gasteiger partial charge is 0.308 e. The van der Waals surface area contributed by atoms with Crippen LogP contribution in [0.2, 0.25) is 0 Å². The second kappa shape index (κ2) is 6.71. The number of benzene rings is 3. The lowest BCUT2D eigenvalue weighted by Crippen LogP contribution is -2.34. The number of halogens is 2. The number of anilines is 1. The fourth-order valence-electron chi connectivity index (χ4n) is 3.39. The highest BCUT2D eigenvalue weighted by Crippen LogP contribution is 2.34. The molecule has 0 bridgehead atoms.